The molecule has 170 valence electrons. The van der Waals surface area contributed by atoms with Crippen LogP contribution in [0.5, 0.6) is 0 Å². The lowest BCUT2D eigenvalue weighted by Crippen LogP contribution is -2.41. The molecule has 0 saturated heterocycles. The van der Waals surface area contributed by atoms with Crippen molar-refractivity contribution in [3.63, 3.8) is 0 Å². The number of rotatable bonds is 8. The minimum atomic E-state index is -1.19. The van der Waals surface area contributed by atoms with Crippen molar-refractivity contribution in [3.8, 4) is 5.69 Å². The summed E-state index contributed by atoms with van der Waals surface area (Å²) in [6, 6.07) is 14.5. The van der Waals surface area contributed by atoms with Gasteiger partial charge in [-0.25, -0.2) is 4.98 Å². The summed E-state index contributed by atoms with van der Waals surface area (Å²) in [5, 5.41) is 0.530. The lowest BCUT2D eigenvalue weighted by molar-refractivity contribution is -0.131. The van der Waals surface area contributed by atoms with E-state index < -0.39 is 10.9 Å². The molecule has 0 spiro atoms. The van der Waals surface area contributed by atoms with E-state index >= 15 is 0 Å². The first-order valence-electron chi connectivity index (χ1n) is 10.9. The Kier molecular flexibility index (Phi) is 7.96. The third kappa shape index (κ3) is 5.00. The molecule has 1 unspecified atom stereocenters. The molecule has 0 saturated carbocycles. The fraction of sp³-hybridized carbons (Fsp3) is 0.400. The van der Waals surface area contributed by atoms with E-state index in [4.69, 9.17) is 28.2 Å². The standard InChI is InChI=1S/C25H29Cl2N3O2/c1-5-18-10-6-9-13-21(18)30-23(28-20-12-8-7-11-19(20)24(30)31)17(4)29(15-14-16(2)3)25(32)22(26)27/h6-13,16-17,22H,5,14-15H2,1-4H3. The van der Waals surface area contributed by atoms with Crippen LogP contribution in [0.4, 0.5) is 0 Å². The van der Waals surface area contributed by atoms with E-state index in [0.29, 0.717) is 29.2 Å². The molecule has 5 nitrogen and oxygen atoms in total. The molecular weight excluding hydrogens is 445 g/mol. The second-order valence-corrected chi connectivity index (χ2v) is 9.40. The van der Waals surface area contributed by atoms with E-state index in [-0.39, 0.29) is 11.5 Å². The highest BCUT2D eigenvalue weighted by Gasteiger charge is 2.30. The lowest BCUT2D eigenvalue weighted by Gasteiger charge is -2.31. The summed E-state index contributed by atoms with van der Waals surface area (Å²) in [6.45, 7) is 8.56. The number of amides is 1. The molecule has 0 radical (unpaired) electrons. The van der Waals surface area contributed by atoms with Gasteiger partial charge in [-0.2, -0.15) is 0 Å². The monoisotopic (exact) mass is 473 g/mol. The fourth-order valence-corrected chi connectivity index (χ4v) is 4.10. The van der Waals surface area contributed by atoms with Crippen molar-refractivity contribution in [2.75, 3.05) is 6.54 Å². The van der Waals surface area contributed by atoms with Crippen molar-refractivity contribution in [1.82, 2.24) is 14.5 Å². The Labute approximate surface area is 199 Å². The summed E-state index contributed by atoms with van der Waals surface area (Å²) < 4.78 is 1.64. The minimum Gasteiger partial charge on any atom is -0.330 e. The van der Waals surface area contributed by atoms with E-state index in [0.717, 1.165) is 24.1 Å². The molecule has 1 amide bonds. The van der Waals surface area contributed by atoms with Gasteiger partial charge in [0.05, 0.1) is 22.6 Å². The maximum absolute atomic E-state index is 13.7. The molecule has 1 heterocycles. The highest BCUT2D eigenvalue weighted by molar-refractivity contribution is 6.53. The van der Waals surface area contributed by atoms with Gasteiger partial charge in [0, 0.05) is 6.54 Å². The number of halogens is 2. The van der Waals surface area contributed by atoms with Crippen molar-refractivity contribution >= 4 is 40.0 Å². The summed E-state index contributed by atoms with van der Waals surface area (Å²) in [4.78, 5) is 31.9. The molecule has 32 heavy (non-hydrogen) atoms. The van der Waals surface area contributed by atoms with Gasteiger partial charge in [0.15, 0.2) is 4.84 Å². The average molecular weight is 474 g/mol. The Hall–Kier alpha value is -2.37. The Morgan fingerprint density at radius 1 is 1.06 bits per heavy atom. The predicted octanol–water partition coefficient (Wildman–Crippen LogP) is 5.69. The van der Waals surface area contributed by atoms with Crippen LogP contribution in [0.25, 0.3) is 16.6 Å². The molecule has 0 fully saturated rings. The third-order valence-electron chi connectivity index (χ3n) is 5.67. The molecular formula is C25H29Cl2N3O2. The van der Waals surface area contributed by atoms with Gasteiger partial charge >= 0.3 is 0 Å². The molecule has 1 aromatic heterocycles. The van der Waals surface area contributed by atoms with Gasteiger partial charge in [-0.15, -0.1) is 0 Å². The summed E-state index contributed by atoms with van der Waals surface area (Å²) in [5.74, 6) is 0.481. The number of hydrogen-bond donors (Lipinski definition) is 0. The number of alkyl halides is 2. The quantitative estimate of drug-likeness (QED) is 0.395. The van der Waals surface area contributed by atoms with Crippen LogP contribution >= 0.6 is 23.2 Å². The highest BCUT2D eigenvalue weighted by atomic mass is 35.5. The first-order chi connectivity index (χ1) is 15.3. The van der Waals surface area contributed by atoms with E-state index in [1.807, 2.05) is 56.3 Å². The smallest absolute Gasteiger partial charge is 0.266 e. The van der Waals surface area contributed by atoms with E-state index in [2.05, 4.69) is 13.8 Å². The largest absolute Gasteiger partial charge is 0.330 e. The molecule has 0 aliphatic heterocycles. The average Bonchev–Trinajstić information content (AvgIpc) is 2.78. The maximum Gasteiger partial charge on any atom is 0.266 e. The maximum atomic E-state index is 13.7. The van der Waals surface area contributed by atoms with Gasteiger partial charge < -0.3 is 4.90 Å². The molecule has 1 atom stereocenters. The molecule has 0 N–H and O–H groups in total. The van der Waals surface area contributed by atoms with Crippen molar-refractivity contribution in [1.29, 1.82) is 0 Å². The van der Waals surface area contributed by atoms with Gasteiger partial charge in [-0.05, 0) is 49.4 Å². The Bertz CT molecular complexity index is 1160. The van der Waals surface area contributed by atoms with Crippen LogP contribution in [-0.4, -0.2) is 31.7 Å². The van der Waals surface area contributed by atoms with Crippen LogP contribution < -0.4 is 5.56 Å². The summed E-state index contributed by atoms with van der Waals surface area (Å²) in [7, 11) is 0. The highest BCUT2D eigenvalue weighted by Crippen LogP contribution is 2.27. The number of carbonyl (C=O) groups is 1. The molecule has 0 aliphatic rings. The second-order valence-electron chi connectivity index (χ2n) is 8.30. The molecule has 7 heteroatoms. The number of benzene rings is 2. The number of hydrogen-bond acceptors (Lipinski definition) is 3. The number of fused-ring (bicyclic) bond motifs is 1. The van der Waals surface area contributed by atoms with Gasteiger partial charge in [0.1, 0.15) is 5.82 Å². The van der Waals surface area contributed by atoms with Crippen molar-refractivity contribution in [3.05, 3.63) is 70.3 Å². The molecule has 3 rings (SSSR count). The zero-order valence-corrected chi connectivity index (χ0v) is 20.4. The van der Waals surface area contributed by atoms with Crippen LogP contribution in [0.15, 0.2) is 53.3 Å². The summed E-state index contributed by atoms with van der Waals surface area (Å²) >= 11 is 12.0. The van der Waals surface area contributed by atoms with Gasteiger partial charge in [0.25, 0.3) is 11.5 Å². The number of aryl methyl sites for hydroxylation is 1. The number of nitrogens with zero attached hydrogens (tertiary/aromatic N) is 3. The molecule has 2 aromatic carbocycles. The zero-order chi connectivity index (χ0) is 23.4. The van der Waals surface area contributed by atoms with Crippen LogP contribution in [-0.2, 0) is 11.2 Å². The van der Waals surface area contributed by atoms with E-state index in [1.54, 1.807) is 15.5 Å². The zero-order valence-electron chi connectivity index (χ0n) is 18.9. The first-order valence-corrected chi connectivity index (χ1v) is 11.8. The summed E-state index contributed by atoms with van der Waals surface area (Å²) in [5.41, 5.74) is 2.22. The third-order valence-corrected chi connectivity index (χ3v) is 6.05. The van der Waals surface area contributed by atoms with E-state index in [1.165, 1.54) is 0 Å². The number of para-hydroxylation sites is 2. The Balaban J connectivity index is 2.27. The van der Waals surface area contributed by atoms with Crippen LogP contribution in [0.2, 0.25) is 0 Å². The number of aromatic nitrogens is 2. The van der Waals surface area contributed by atoms with Crippen LogP contribution in [0.3, 0.4) is 0 Å². The Morgan fingerprint density at radius 2 is 1.72 bits per heavy atom. The summed E-state index contributed by atoms with van der Waals surface area (Å²) in [6.07, 6.45) is 1.53. The lowest BCUT2D eigenvalue weighted by atomic mass is 10.1. The van der Waals surface area contributed by atoms with Crippen LogP contribution in [0, 0.1) is 5.92 Å². The second kappa shape index (κ2) is 10.5. The predicted molar refractivity (Wildman–Crippen MR) is 132 cm³/mol. The molecule has 0 aliphatic carbocycles. The van der Waals surface area contributed by atoms with Gasteiger partial charge in [-0.1, -0.05) is 74.3 Å². The van der Waals surface area contributed by atoms with Crippen molar-refractivity contribution in [2.24, 2.45) is 5.92 Å². The molecule has 0 bridgehead atoms. The van der Waals surface area contributed by atoms with Crippen molar-refractivity contribution in [2.45, 2.75) is 51.4 Å². The van der Waals surface area contributed by atoms with Gasteiger partial charge in [-0.3, -0.25) is 14.2 Å². The normalized spacial score (nSPS) is 12.5. The minimum absolute atomic E-state index is 0.164. The SMILES string of the molecule is CCc1ccccc1-n1c(C(C)N(CCC(C)C)C(=O)C(Cl)Cl)nc2ccccc2c1=O. The topological polar surface area (TPSA) is 55.2 Å². The number of carbonyl (C=O) groups excluding carboxylic acids is 1. The Morgan fingerprint density at radius 3 is 2.38 bits per heavy atom. The van der Waals surface area contributed by atoms with Gasteiger partial charge in [0.2, 0.25) is 0 Å². The first kappa shape index (κ1) is 24.3. The van der Waals surface area contributed by atoms with Crippen LogP contribution in [0.1, 0.15) is 51.5 Å². The van der Waals surface area contributed by atoms with Crippen molar-refractivity contribution < 1.29 is 4.79 Å². The van der Waals surface area contributed by atoms with E-state index in [9.17, 15) is 9.59 Å². The molecule has 3 aromatic rings. The fourth-order valence-electron chi connectivity index (χ4n) is 3.85.